The van der Waals surface area contributed by atoms with Crippen LogP contribution in [0.1, 0.15) is 30.2 Å². The highest BCUT2D eigenvalue weighted by Crippen LogP contribution is 2.36. The minimum Gasteiger partial charge on any atom is -0.383 e. The van der Waals surface area contributed by atoms with Crippen molar-refractivity contribution < 1.29 is 9.50 Å². The van der Waals surface area contributed by atoms with Gasteiger partial charge in [-0.3, -0.25) is 0 Å². The summed E-state index contributed by atoms with van der Waals surface area (Å²) in [5.41, 5.74) is 3.33. The monoisotopic (exact) mass is 386 g/mol. The van der Waals surface area contributed by atoms with Crippen LogP contribution in [-0.2, 0) is 25.1 Å². The molecule has 0 radical (unpaired) electrons. The summed E-state index contributed by atoms with van der Waals surface area (Å²) < 4.78 is 15.6. The molecule has 4 rings (SSSR count). The fraction of sp³-hybridized carbons (Fsp3) is 0.364. The van der Waals surface area contributed by atoms with E-state index in [-0.39, 0.29) is 5.82 Å². The van der Waals surface area contributed by atoms with Crippen LogP contribution in [-0.4, -0.2) is 28.2 Å². The van der Waals surface area contributed by atoms with Gasteiger partial charge in [-0.25, -0.2) is 4.39 Å². The summed E-state index contributed by atoms with van der Waals surface area (Å²) in [6.07, 6.45) is 1.47. The van der Waals surface area contributed by atoms with E-state index in [4.69, 9.17) is 11.6 Å². The van der Waals surface area contributed by atoms with Gasteiger partial charge in [0.2, 0.25) is 0 Å². The first kappa shape index (κ1) is 18.5. The average Bonchev–Trinajstić information content (AvgIpc) is 2.94. The molecule has 1 aliphatic rings. The van der Waals surface area contributed by atoms with Crippen molar-refractivity contribution in [2.24, 2.45) is 0 Å². The number of benzene rings is 2. The molecule has 0 fully saturated rings. The molecular weight excluding hydrogens is 363 g/mol. The Kier molecular flexibility index (Phi) is 4.75. The van der Waals surface area contributed by atoms with Crippen LogP contribution in [0.15, 0.2) is 42.5 Å². The smallest absolute Gasteiger partial charge is 0.123 e. The second-order valence-electron chi connectivity index (χ2n) is 7.55. The molecule has 3 aromatic rings. The molecule has 1 N–H and O–H groups in total. The van der Waals surface area contributed by atoms with Crippen molar-refractivity contribution >= 4 is 22.5 Å². The predicted molar refractivity (Wildman–Crippen MR) is 108 cm³/mol. The van der Waals surface area contributed by atoms with Gasteiger partial charge < -0.3 is 14.6 Å². The lowest BCUT2D eigenvalue weighted by Gasteiger charge is -2.31. The molecule has 1 aliphatic heterocycles. The van der Waals surface area contributed by atoms with Crippen LogP contribution in [0.5, 0.6) is 0 Å². The Balaban J connectivity index is 1.84. The Labute approximate surface area is 164 Å². The molecule has 0 saturated carbocycles. The van der Waals surface area contributed by atoms with Crippen LogP contribution in [0, 0.1) is 5.82 Å². The highest BCUT2D eigenvalue weighted by molar-refractivity contribution is 6.31. The van der Waals surface area contributed by atoms with Crippen molar-refractivity contribution in [2.75, 3.05) is 13.6 Å². The van der Waals surface area contributed by atoms with Gasteiger partial charge >= 0.3 is 0 Å². The topological polar surface area (TPSA) is 28.4 Å². The Morgan fingerprint density at radius 1 is 1.19 bits per heavy atom. The van der Waals surface area contributed by atoms with E-state index in [2.05, 4.69) is 16.5 Å². The molecule has 27 heavy (non-hydrogen) atoms. The molecule has 0 saturated heterocycles. The minimum absolute atomic E-state index is 0.293. The van der Waals surface area contributed by atoms with Crippen molar-refractivity contribution in [2.45, 2.75) is 38.5 Å². The van der Waals surface area contributed by atoms with Crippen LogP contribution >= 0.6 is 11.6 Å². The van der Waals surface area contributed by atoms with Crippen molar-refractivity contribution in [3.63, 3.8) is 0 Å². The van der Waals surface area contributed by atoms with Gasteiger partial charge in [-0.05, 0) is 54.9 Å². The Morgan fingerprint density at radius 3 is 2.63 bits per heavy atom. The molecule has 1 aromatic heterocycles. The van der Waals surface area contributed by atoms with E-state index in [9.17, 15) is 9.50 Å². The molecule has 142 valence electrons. The van der Waals surface area contributed by atoms with Crippen molar-refractivity contribution in [3.8, 4) is 0 Å². The van der Waals surface area contributed by atoms with Gasteiger partial charge in [0.05, 0.1) is 6.54 Å². The summed E-state index contributed by atoms with van der Waals surface area (Å²) in [5.74, 6) is -0.293. The standard InChI is InChI=1S/C22H24ClFN2O/c1-3-22(27,15-4-7-17(24)8-5-15)14-26-20-9-6-16(23)12-18(20)19-13-25(2)11-10-21(19)26/h4-9,12,27H,3,10-11,13-14H2,1-2H3. The van der Waals surface area contributed by atoms with Crippen molar-refractivity contribution in [1.82, 2.24) is 9.47 Å². The second kappa shape index (κ2) is 6.93. The third kappa shape index (κ3) is 3.27. The third-order valence-corrected chi connectivity index (χ3v) is 6.03. The van der Waals surface area contributed by atoms with E-state index in [1.54, 1.807) is 12.1 Å². The first-order valence-electron chi connectivity index (χ1n) is 9.38. The fourth-order valence-electron chi connectivity index (χ4n) is 4.17. The number of aromatic nitrogens is 1. The maximum absolute atomic E-state index is 13.4. The van der Waals surface area contributed by atoms with E-state index in [0.29, 0.717) is 13.0 Å². The van der Waals surface area contributed by atoms with Crippen molar-refractivity contribution in [1.29, 1.82) is 0 Å². The number of hydrogen-bond acceptors (Lipinski definition) is 2. The number of hydrogen-bond donors (Lipinski definition) is 1. The number of fused-ring (bicyclic) bond motifs is 3. The van der Waals surface area contributed by atoms with Crippen molar-refractivity contribution in [3.05, 3.63) is 70.1 Å². The largest absolute Gasteiger partial charge is 0.383 e. The molecule has 3 nitrogen and oxygen atoms in total. The summed E-state index contributed by atoms with van der Waals surface area (Å²) in [6.45, 7) is 4.26. The molecule has 2 heterocycles. The van der Waals surface area contributed by atoms with Gasteiger partial charge in [0, 0.05) is 41.1 Å². The number of likely N-dealkylation sites (N-methyl/N-ethyl adjacent to an activating group) is 1. The van der Waals surface area contributed by atoms with Crippen LogP contribution in [0.25, 0.3) is 10.9 Å². The number of nitrogens with zero attached hydrogens (tertiary/aromatic N) is 2. The lowest BCUT2D eigenvalue weighted by molar-refractivity contribution is 0.0146. The zero-order valence-electron chi connectivity index (χ0n) is 15.7. The van der Waals surface area contributed by atoms with Gasteiger partial charge in [0.25, 0.3) is 0 Å². The molecule has 0 bridgehead atoms. The molecule has 2 aromatic carbocycles. The normalized spacial score (nSPS) is 17.1. The van der Waals surface area contributed by atoms with E-state index in [1.807, 2.05) is 25.1 Å². The summed E-state index contributed by atoms with van der Waals surface area (Å²) in [7, 11) is 2.12. The molecule has 1 atom stereocenters. The summed E-state index contributed by atoms with van der Waals surface area (Å²) in [4.78, 5) is 2.30. The summed E-state index contributed by atoms with van der Waals surface area (Å²) >= 11 is 6.27. The molecule has 0 amide bonds. The van der Waals surface area contributed by atoms with Gasteiger partial charge in [-0.1, -0.05) is 30.7 Å². The molecule has 0 spiro atoms. The van der Waals surface area contributed by atoms with E-state index in [0.717, 1.165) is 41.0 Å². The molecule has 5 heteroatoms. The second-order valence-corrected chi connectivity index (χ2v) is 7.99. The zero-order chi connectivity index (χ0) is 19.2. The highest BCUT2D eigenvalue weighted by atomic mass is 35.5. The highest BCUT2D eigenvalue weighted by Gasteiger charge is 2.31. The van der Waals surface area contributed by atoms with E-state index < -0.39 is 5.60 Å². The van der Waals surface area contributed by atoms with Gasteiger partial charge in [-0.15, -0.1) is 0 Å². The third-order valence-electron chi connectivity index (χ3n) is 5.79. The summed E-state index contributed by atoms with van der Waals surface area (Å²) in [5, 5.41) is 13.3. The van der Waals surface area contributed by atoms with Gasteiger partial charge in [0.15, 0.2) is 0 Å². The Morgan fingerprint density at radius 2 is 1.93 bits per heavy atom. The molecule has 1 unspecified atom stereocenters. The van der Waals surface area contributed by atoms with E-state index in [1.165, 1.54) is 23.4 Å². The Hall–Kier alpha value is -1.88. The van der Waals surface area contributed by atoms with Gasteiger partial charge in [0.1, 0.15) is 11.4 Å². The average molecular weight is 387 g/mol. The van der Waals surface area contributed by atoms with Gasteiger partial charge in [-0.2, -0.15) is 0 Å². The van der Waals surface area contributed by atoms with Crippen LogP contribution < -0.4 is 0 Å². The quantitative estimate of drug-likeness (QED) is 0.702. The maximum atomic E-state index is 13.4. The summed E-state index contributed by atoms with van der Waals surface area (Å²) in [6, 6.07) is 12.1. The zero-order valence-corrected chi connectivity index (χ0v) is 16.4. The van der Waals surface area contributed by atoms with Crippen LogP contribution in [0.4, 0.5) is 4.39 Å². The molecule has 0 aliphatic carbocycles. The SMILES string of the molecule is CCC(O)(Cn1c2c(c3cc(Cl)ccc31)CN(C)CC2)c1ccc(F)cc1. The van der Waals surface area contributed by atoms with E-state index >= 15 is 0 Å². The number of aliphatic hydroxyl groups is 1. The predicted octanol–water partition coefficient (Wildman–Crippen LogP) is 4.72. The fourth-order valence-corrected chi connectivity index (χ4v) is 4.34. The minimum atomic E-state index is -1.06. The number of rotatable bonds is 4. The lowest BCUT2D eigenvalue weighted by Crippen LogP contribution is -2.33. The lowest BCUT2D eigenvalue weighted by atomic mass is 9.90. The first-order valence-corrected chi connectivity index (χ1v) is 9.75. The maximum Gasteiger partial charge on any atom is 0.123 e. The van der Waals surface area contributed by atoms with Crippen LogP contribution in [0.2, 0.25) is 5.02 Å². The number of halogens is 2. The molecular formula is C22H24ClFN2O. The first-order chi connectivity index (χ1) is 12.9. The van der Waals surface area contributed by atoms with Crippen LogP contribution in [0.3, 0.4) is 0 Å². The Bertz CT molecular complexity index is 982.